The van der Waals surface area contributed by atoms with E-state index in [0.29, 0.717) is 5.75 Å². The number of fused-ring (bicyclic) bond motifs is 1. The van der Waals surface area contributed by atoms with Crippen LogP contribution in [0.5, 0.6) is 0 Å². The number of carbonyl (C=O) groups is 1. The Morgan fingerprint density at radius 2 is 1.81 bits per heavy atom. The molecule has 5 heteroatoms. The van der Waals surface area contributed by atoms with Crippen molar-refractivity contribution >= 4 is 44.9 Å². The topological polar surface area (TPSA) is 42.0 Å². The lowest BCUT2D eigenvalue weighted by atomic mass is 10.2. The Kier molecular flexibility index (Phi) is 5.23. The number of hydrogen-bond acceptors (Lipinski definition) is 4. The lowest BCUT2D eigenvalue weighted by Gasteiger charge is -2.06. The summed E-state index contributed by atoms with van der Waals surface area (Å²) in [6.07, 6.45) is 0. The van der Waals surface area contributed by atoms with Crippen LogP contribution in [0.25, 0.3) is 20.8 Å². The van der Waals surface area contributed by atoms with E-state index in [9.17, 15) is 4.79 Å². The first kappa shape index (κ1) is 17.8. The van der Waals surface area contributed by atoms with Crippen molar-refractivity contribution < 1.29 is 4.79 Å². The van der Waals surface area contributed by atoms with E-state index in [4.69, 9.17) is 4.98 Å². The van der Waals surface area contributed by atoms with Crippen LogP contribution in [-0.4, -0.2) is 16.6 Å². The van der Waals surface area contributed by atoms with Crippen molar-refractivity contribution in [2.75, 3.05) is 11.1 Å². The van der Waals surface area contributed by atoms with Crippen LogP contribution in [0.2, 0.25) is 0 Å². The third kappa shape index (κ3) is 4.38. The van der Waals surface area contributed by atoms with Crippen LogP contribution in [0, 0.1) is 6.92 Å². The molecule has 1 amide bonds. The molecule has 1 aromatic heterocycles. The summed E-state index contributed by atoms with van der Waals surface area (Å²) in [5, 5.41) is 3.94. The Hall–Kier alpha value is -2.63. The summed E-state index contributed by atoms with van der Waals surface area (Å²) in [5.41, 5.74) is 4.12. The molecule has 0 atom stereocenters. The number of carbonyl (C=O) groups excluding carboxylic acids is 1. The summed E-state index contributed by atoms with van der Waals surface area (Å²) in [6.45, 7) is 2.09. The number of rotatable bonds is 5. The zero-order valence-corrected chi connectivity index (χ0v) is 16.4. The average molecular weight is 391 g/mol. The van der Waals surface area contributed by atoms with E-state index in [1.165, 1.54) is 22.0 Å². The molecule has 3 nitrogen and oxygen atoms in total. The highest BCUT2D eigenvalue weighted by atomic mass is 32.2. The highest BCUT2D eigenvalue weighted by Gasteiger charge is 2.08. The number of aryl methyl sites for hydroxylation is 1. The van der Waals surface area contributed by atoms with Crippen LogP contribution >= 0.6 is 23.1 Å². The Bertz CT molecular complexity index is 1070. The molecule has 0 bridgehead atoms. The highest BCUT2D eigenvalue weighted by molar-refractivity contribution is 8.00. The van der Waals surface area contributed by atoms with Gasteiger partial charge in [0.05, 0.1) is 16.0 Å². The van der Waals surface area contributed by atoms with Gasteiger partial charge in [0, 0.05) is 16.1 Å². The molecule has 27 heavy (non-hydrogen) atoms. The maximum Gasteiger partial charge on any atom is 0.234 e. The summed E-state index contributed by atoms with van der Waals surface area (Å²) in [6, 6.07) is 24.1. The number of anilines is 1. The molecule has 1 N–H and O–H groups in total. The molecule has 0 aliphatic carbocycles. The summed E-state index contributed by atoms with van der Waals surface area (Å²) in [5.74, 6) is 0.385. The van der Waals surface area contributed by atoms with Crippen molar-refractivity contribution in [3.63, 3.8) is 0 Å². The number of thioether (sulfide) groups is 1. The first-order valence-electron chi connectivity index (χ1n) is 8.63. The van der Waals surface area contributed by atoms with E-state index in [2.05, 4.69) is 30.4 Å². The number of thiazole rings is 1. The summed E-state index contributed by atoms with van der Waals surface area (Å²) in [4.78, 5) is 17.9. The molecule has 0 aliphatic heterocycles. The second-order valence-corrected chi connectivity index (χ2v) is 8.30. The largest absolute Gasteiger partial charge is 0.325 e. The minimum absolute atomic E-state index is 0.00735. The number of nitrogens with zero attached hydrogens (tertiary/aromatic N) is 1. The monoisotopic (exact) mass is 390 g/mol. The van der Waals surface area contributed by atoms with Gasteiger partial charge in [-0.1, -0.05) is 24.3 Å². The van der Waals surface area contributed by atoms with E-state index < -0.39 is 0 Å². The van der Waals surface area contributed by atoms with Crippen molar-refractivity contribution in [2.45, 2.75) is 11.8 Å². The van der Waals surface area contributed by atoms with E-state index in [-0.39, 0.29) is 5.91 Å². The summed E-state index contributed by atoms with van der Waals surface area (Å²) < 4.78 is 1.19. The van der Waals surface area contributed by atoms with E-state index in [1.807, 2.05) is 54.6 Å². The van der Waals surface area contributed by atoms with Crippen LogP contribution in [0.15, 0.2) is 77.7 Å². The first-order valence-corrected chi connectivity index (χ1v) is 10.4. The minimum atomic E-state index is -0.00735. The second-order valence-electron chi connectivity index (χ2n) is 6.22. The van der Waals surface area contributed by atoms with Gasteiger partial charge in [0.1, 0.15) is 5.01 Å². The maximum atomic E-state index is 12.1. The van der Waals surface area contributed by atoms with Gasteiger partial charge < -0.3 is 5.32 Å². The Morgan fingerprint density at radius 1 is 1.04 bits per heavy atom. The predicted octanol–water partition coefficient (Wildman–Crippen LogP) is 6.00. The molecule has 0 saturated carbocycles. The van der Waals surface area contributed by atoms with Crippen molar-refractivity contribution in [1.82, 2.24) is 4.98 Å². The molecule has 0 radical (unpaired) electrons. The van der Waals surface area contributed by atoms with E-state index in [1.54, 1.807) is 11.3 Å². The molecule has 0 spiro atoms. The molecular formula is C22H18N2OS2. The van der Waals surface area contributed by atoms with Crippen LogP contribution in [0.1, 0.15) is 5.56 Å². The van der Waals surface area contributed by atoms with Gasteiger partial charge in [-0.3, -0.25) is 4.79 Å². The third-order valence-electron chi connectivity index (χ3n) is 4.07. The number of aromatic nitrogens is 1. The van der Waals surface area contributed by atoms with Gasteiger partial charge in [-0.15, -0.1) is 23.1 Å². The number of amides is 1. The van der Waals surface area contributed by atoms with Gasteiger partial charge in [0.2, 0.25) is 5.91 Å². The molecule has 134 valence electrons. The van der Waals surface area contributed by atoms with Crippen molar-refractivity contribution in [1.29, 1.82) is 0 Å². The molecule has 3 aromatic carbocycles. The number of nitrogens with one attached hydrogen (secondary N) is 1. The predicted molar refractivity (Wildman–Crippen MR) is 116 cm³/mol. The zero-order chi connectivity index (χ0) is 18.6. The van der Waals surface area contributed by atoms with Gasteiger partial charge in [-0.2, -0.15) is 0 Å². The van der Waals surface area contributed by atoms with Crippen molar-refractivity contribution in [3.8, 4) is 10.6 Å². The van der Waals surface area contributed by atoms with Crippen LogP contribution in [0.3, 0.4) is 0 Å². The smallest absolute Gasteiger partial charge is 0.234 e. The third-order valence-corrected chi connectivity index (χ3v) is 6.15. The molecule has 0 aliphatic rings. The maximum absolute atomic E-state index is 12.1. The zero-order valence-electron chi connectivity index (χ0n) is 14.8. The fourth-order valence-electron chi connectivity index (χ4n) is 2.71. The Morgan fingerprint density at radius 3 is 2.59 bits per heavy atom. The fraction of sp³-hybridized carbons (Fsp3) is 0.0909. The first-order chi connectivity index (χ1) is 13.2. The standard InChI is InChI=1S/C22H18N2OS2/c1-15-7-12-19-20(13-15)27-22(24-19)16-8-10-17(11-9-16)23-21(25)14-26-18-5-3-2-4-6-18/h2-13H,14H2,1H3,(H,23,25). The summed E-state index contributed by atoms with van der Waals surface area (Å²) in [7, 11) is 0. The van der Waals surface area contributed by atoms with Gasteiger partial charge in [-0.25, -0.2) is 4.98 Å². The average Bonchev–Trinajstić information content (AvgIpc) is 3.11. The number of hydrogen-bond donors (Lipinski definition) is 1. The molecule has 4 rings (SSSR count). The Labute approximate surface area is 166 Å². The molecule has 1 heterocycles. The Balaban J connectivity index is 1.41. The van der Waals surface area contributed by atoms with Gasteiger partial charge in [-0.05, 0) is 61.0 Å². The van der Waals surface area contributed by atoms with E-state index in [0.717, 1.165) is 26.7 Å². The molecular weight excluding hydrogens is 372 g/mol. The highest BCUT2D eigenvalue weighted by Crippen LogP contribution is 2.31. The SMILES string of the molecule is Cc1ccc2nc(-c3ccc(NC(=O)CSc4ccccc4)cc3)sc2c1. The van der Waals surface area contributed by atoms with E-state index >= 15 is 0 Å². The molecule has 0 fully saturated rings. The lowest BCUT2D eigenvalue weighted by molar-refractivity contribution is -0.113. The molecule has 4 aromatic rings. The molecule has 0 unspecified atom stereocenters. The van der Waals surface area contributed by atoms with Gasteiger partial charge in [0.25, 0.3) is 0 Å². The van der Waals surface area contributed by atoms with Crippen LogP contribution < -0.4 is 5.32 Å². The van der Waals surface area contributed by atoms with Crippen LogP contribution in [0.4, 0.5) is 5.69 Å². The minimum Gasteiger partial charge on any atom is -0.325 e. The lowest BCUT2D eigenvalue weighted by Crippen LogP contribution is -2.13. The van der Waals surface area contributed by atoms with Gasteiger partial charge in [0.15, 0.2) is 0 Å². The normalized spacial score (nSPS) is 10.9. The van der Waals surface area contributed by atoms with Crippen molar-refractivity contribution in [3.05, 3.63) is 78.4 Å². The second kappa shape index (κ2) is 7.94. The van der Waals surface area contributed by atoms with Crippen molar-refractivity contribution in [2.24, 2.45) is 0 Å². The van der Waals surface area contributed by atoms with Gasteiger partial charge >= 0.3 is 0 Å². The summed E-state index contributed by atoms with van der Waals surface area (Å²) >= 11 is 3.22. The van der Waals surface area contributed by atoms with Crippen LogP contribution in [-0.2, 0) is 4.79 Å². The number of benzene rings is 3. The quantitative estimate of drug-likeness (QED) is 0.425. The molecule has 0 saturated heterocycles. The fourth-order valence-corrected chi connectivity index (χ4v) is 4.50.